The number of hydrogen-bond acceptors (Lipinski definition) is 2. The summed E-state index contributed by atoms with van der Waals surface area (Å²) in [6.07, 6.45) is 3.71. The van der Waals surface area contributed by atoms with Gasteiger partial charge in [0.1, 0.15) is 11.6 Å². The summed E-state index contributed by atoms with van der Waals surface area (Å²) < 4.78 is 19.9. The normalized spacial score (nSPS) is 15.3. The Balaban J connectivity index is 2.46. The quantitative estimate of drug-likeness (QED) is 0.821. The lowest BCUT2D eigenvalue weighted by atomic mass is 10.1. The Kier molecular flexibility index (Phi) is 3.57. The number of likely N-dealkylation sites (N-methyl/N-ethyl adjacent to an activating group) is 1. The lowest BCUT2D eigenvalue weighted by Crippen LogP contribution is -2.18. The standard InChI is InChI=1S/C14H13BrFNO/c1-9-12(15)6-7-14(17(9)2)11-5-4-10(18-3)8-13(11)16/h4-8H,1H2,2-3H3. The zero-order chi connectivity index (χ0) is 13.3. The number of hydrogen-bond donors (Lipinski definition) is 0. The van der Waals surface area contributed by atoms with Gasteiger partial charge in [-0.2, -0.15) is 0 Å². The average molecular weight is 310 g/mol. The van der Waals surface area contributed by atoms with E-state index in [2.05, 4.69) is 22.5 Å². The summed E-state index contributed by atoms with van der Waals surface area (Å²) in [4.78, 5) is 1.84. The van der Waals surface area contributed by atoms with Crippen LogP contribution in [0.2, 0.25) is 0 Å². The van der Waals surface area contributed by atoms with Crippen molar-refractivity contribution in [3.8, 4) is 5.75 Å². The fourth-order valence-corrected chi connectivity index (χ4v) is 2.16. The van der Waals surface area contributed by atoms with Crippen molar-refractivity contribution in [3.05, 3.63) is 58.5 Å². The summed E-state index contributed by atoms with van der Waals surface area (Å²) in [6, 6.07) is 4.82. The van der Waals surface area contributed by atoms with Gasteiger partial charge >= 0.3 is 0 Å². The molecule has 1 heterocycles. The lowest BCUT2D eigenvalue weighted by molar-refractivity contribution is 0.411. The summed E-state index contributed by atoms with van der Waals surface area (Å²) in [6.45, 7) is 3.94. The molecule has 1 aliphatic rings. The Morgan fingerprint density at radius 2 is 2.06 bits per heavy atom. The van der Waals surface area contributed by atoms with Crippen LogP contribution in [0.3, 0.4) is 0 Å². The highest BCUT2D eigenvalue weighted by Crippen LogP contribution is 2.33. The molecule has 0 amide bonds. The minimum absolute atomic E-state index is 0.313. The minimum Gasteiger partial charge on any atom is -0.497 e. The van der Waals surface area contributed by atoms with E-state index < -0.39 is 0 Å². The van der Waals surface area contributed by atoms with Gasteiger partial charge in [-0.15, -0.1) is 0 Å². The Morgan fingerprint density at radius 3 is 2.67 bits per heavy atom. The molecule has 0 aromatic heterocycles. The second-order valence-electron chi connectivity index (χ2n) is 3.92. The van der Waals surface area contributed by atoms with E-state index in [1.165, 1.54) is 13.2 Å². The van der Waals surface area contributed by atoms with Crippen LogP contribution in [0.4, 0.5) is 4.39 Å². The van der Waals surface area contributed by atoms with Gasteiger partial charge in [-0.25, -0.2) is 4.39 Å². The molecule has 94 valence electrons. The Morgan fingerprint density at radius 1 is 1.33 bits per heavy atom. The number of nitrogens with zero attached hydrogens (tertiary/aromatic N) is 1. The van der Waals surface area contributed by atoms with E-state index in [0.717, 1.165) is 15.9 Å². The van der Waals surface area contributed by atoms with Crippen LogP contribution in [0.15, 0.2) is 47.1 Å². The molecule has 0 radical (unpaired) electrons. The average Bonchev–Trinajstić information content (AvgIpc) is 2.37. The molecule has 1 aromatic carbocycles. The molecule has 0 saturated carbocycles. The number of benzene rings is 1. The molecule has 0 spiro atoms. The number of ether oxygens (including phenoxy) is 1. The number of rotatable bonds is 2. The molecule has 0 saturated heterocycles. The van der Waals surface area contributed by atoms with Crippen molar-refractivity contribution < 1.29 is 9.13 Å². The summed E-state index contributed by atoms with van der Waals surface area (Å²) >= 11 is 3.40. The van der Waals surface area contributed by atoms with Gasteiger partial charge in [-0.1, -0.05) is 6.58 Å². The van der Waals surface area contributed by atoms with Gasteiger partial charge in [0, 0.05) is 28.9 Å². The zero-order valence-corrected chi connectivity index (χ0v) is 11.8. The van der Waals surface area contributed by atoms with Crippen molar-refractivity contribution in [3.63, 3.8) is 0 Å². The van der Waals surface area contributed by atoms with Crippen LogP contribution in [0, 0.1) is 5.82 Å². The van der Waals surface area contributed by atoms with Crippen molar-refractivity contribution >= 4 is 21.6 Å². The van der Waals surface area contributed by atoms with E-state index in [-0.39, 0.29) is 5.82 Å². The first-order chi connectivity index (χ1) is 8.54. The maximum absolute atomic E-state index is 14.0. The van der Waals surface area contributed by atoms with Gasteiger partial charge in [0.25, 0.3) is 0 Å². The second-order valence-corrected chi connectivity index (χ2v) is 4.77. The van der Waals surface area contributed by atoms with Crippen molar-refractivity contribution in [1.82, 2.24) is 4.90 Å². The molecule has 0 atom stereocenters. The minimum atomic E-state index is -0.313. The molecule has 0 aliphatic carbocycles. The molecule has 4 heteroatoms. The number of halogens is 2. The smallest absolute Gasteiger partial charge is 0.136 e. The van der Waals surface area contributed by atoms with Crippen LogP contribution in [-0.4, -0.2) is 19.1 Å². The first kappa shape index (κ1) is 12.9. The van der Waals surface area contributed by atoms with Crippen molar-refractivity contribution in [2.75, 3.05) is 14.2 Å². The third-order valence-corrected chi connectivity index (χ3v) is 3.60. The molecule has 1 aromatic rings. The van der Waals surface area contributed by atoms with E-state index in [1.807, 2.05) is 24.1 Å². The highest BCUT2D eigenvalue weighted by molar-refractivity contribution is 9.12. The van der Waals surface area contributed by atoms with Gasteiger partial charge in [-0.05, 0) is 40.2 Å². The first-order valence-electron chi connectivity index (χ1n) is 5.39. The molecule has 0 N–H and O–H groups in total. The molecular weight excluding hydrogens is 297 g/mol. The van der Waals surface area contributed by atoms with Gasteiger partial charge in [-0.3, -0.25) is 0 Å². The SMILES string of the molecule is C=C1C(Br)=CC=C(c2ccc(OC)cc2F)N1C. The Bertz CT molecular complexity index is 563. The predicted octanol–water partition coefficient (Wildman–Crippen LogP) is 3.91. The molecule has 0 bridgehead atoms. The van der Waals surface area contributed by atoms with Crippen molar-refractivity contribution in [2.45, 2.75) is 0 Å². The van der Waals surface area contributed by atoms with Gasteiger partial charge < -0.3 is 9.64 Å². The molecule has 0 fully saturated rings. The van der Waals surface area contributed by atoms with Crippen molar-refractivity contribution in [2.24, 2.45) is 0 Å². The molecule has 18 heavy (non-hydrogen) atoms. The van der Waals surface area contributed by atoms with Gasteiger partial charge in [0.05, 0.1) is 12.8 Å². The number of methoxy groups -OCH3 is 1. The third kappa shape index (κ3) is 2.20. The van der Waals surface area contributed by atoms with E-state index in [0.29, 0.717) is 11.3 Å². The van der Waals surface area contributed by atoms with Gasteiger partial charge in [0.15, 0.2) is 0 Å². The van der Waals surface area contributed by atoms with E-state index in [4.69, 9.17) is 4.74 Å². The lowest BCUT2D eigenvalue weighted by Gasteiger charge is -2.28. The summed E-state index contributed by atoms with van der Waals surface area (Å²) in [7, 11) is 3.37. The van der Waals surface area contributed by atoms with Gasteiger partial charge in [0.2, 0.25) is 0 Å². The molecular formula is C14H13BrFNO. The van der Waals surface area contributed by atoms with E-state index >= 15 is 0 Å². The van der Waals surface area contributed by atoms with Crippen LogP contribution < -0.4 is 4.74 Å². The highest BCUT2D eigenvalue weighted by atomic mass is 79.9. The highest BCUT2D eigenvalue weighted by Gasteiger charge is 2.18. The number of allylic oxidation sites excluding steroid dienone is 3. The molecule has 1 aliphatic heterocycles. The van der Waals surface area contributed by atoms with E-state index in [9.17, 15) is 4.39 Å². The Hall–Kier alpha value is -1.55. The van der Waals surface area contributed by atoms with Crippen LogP contribution in [0.25, 0.3) is 5.70 Å². The maximum atomic E-state index is 14.0. The largest absolute Gasteiger partial charge is 0.497 e. The fourth-order valence-electron chi connectivity index (χ4n) is 1.77. The topological polar surface area (TPSA) is 12.5 Å². The Labute approximate surface area is 114 Å². The summed E-state index contributed by atoms with van der Waals surface area (Å²) in [5.74, 6) is 0.192. The maximum Gasteiger partial charge on any atom is 0.136 e. The summed E-state index contributed by atoms with van der Waals surface area (Å²) in [5, 5.41) is 0. The summed E-state index contributed by atoms with van der Waals surface area (Å²) in [5.41, 5.74) is 2.08. The monoisotopic (exact) mass is 309 g/mol. The molecule has 0 unspecified atom stereocenters. The molecule has 2 nitrogen and oxygen atoms in total. The first-order valence-corrected chi connectivity index (χ1v) is 6.18. The zero-order valence-electron chi connectivity index (χ0n) is 10.2. The van der Waals surface area contributed by atoms with Crippen molar-refractivity contribution in [1.29, 1.82) is 0 Å². The predicted molar refractivity (Wildman–Crippen MR) is 74.8 cm³/mol. The van der Waals surface area contributed by atoms with Crippen LogP contribution in [-0.2, 0) is 0 Å². The fraction of sp³-hybridized carbons (Fsp3) is 0.143. The second kappa shape index (κ2) is 4.98. The van der Waals surface area contributed by atoms with E-state index in [1.54, 1.807) is 12.1 Å². The molecule has 2 rings (SSSR count). The third-order valence-electron chi connectivity index (χ3n) is 2.88. The van der Waals surface area contributed by atoms with Crippen LogP contribution in [0.5, 0.6) is 5.75 Å². The van der Waals surface area contributed by atoms with Crippen LogP contribution >= 0.6 is 15.9 Å². The van der Waals surface area contributed by atoms with Crippen LogP contribution in [0.1, 0.15) is 5.56 Å².